The summed E-state index contributed by atoms with van der Waals surface area (Å²) in [4.78, 5) is 17.1. The maximum absolute atomic E-state index is 12.4. The maximum atomic E-state index is 12.4. The Morgan fingerprint density at radius 1 is 1.17 bits per heavy atom. The van der Waals surface area contributed by atoms with E-state index in [1.54, 1.807) is 20.1 Å². The van der Waals surface area contributed by atoms with Gasteiger partial charge < -0.3 is 9.47 Å². The van der Waals surface area contributed by atoms with Crippen LogP contribution >= 0.6 is 15.9 Å². The lowest BCUT2D eigenvalue weighted by atomic mass is 10.0. The lowest BCUT2D eigenvalue weighted by Crippen LogP contribution is -2.06. The Hall–Kier alpha value is -2.40. The van der Waals surface area contributed by atoms with Crippen molar-refractivity contribution in [1.29, 1.82) is 0 Å². The predicted molar refractivity (Wildman–Crippen MR) is 97.4 cm³/mol. The molecule has 0 saturated carbocycles. The molecule has 5 heteroatoms. The number of esters is 1. The number of carbonyl (C=O) groups is 1. The lowest BCUT2D eigenvalue weighted by Gasteiger charge is -2.10. The first-order valence-electron chi connectivity index (χ1n) is 7.54. The van der Waals surface area contributed by atoms with E-state index < -0.39 is 0 Å². The summed E-state index contributed by atoms with van der Waals surface area (Å²) in [6.45, 7) is 2.12. The number of benzene rings is 2. The van der Waals surface area contributed by atoms with E-state index in [-0.39, 0.29) is 5.97 Å². The Balaban J connectivity index is 2.22. The van der Waals surface area contributed by atoms with E-state index in [1.165, 1.54) is 0 Å². The summed E-state index contributed by atoms with van der Waals surface area (Å²) in [5.41, 5.74) is 2.82. The summed E-state index contributed by atoms with van der Waals surface area (Å²) >= 11 is 3.44. The molecule has 3 aromatic rings. The SMILES string of the molecule is CCOC(=O)c1cc(-c2cccc(OC)c2)nc2ccc(Br)cc12. The first kappa shape index (κ1) is 16.5. The average Bonchev–Trinajstić information content (AvgIpc) is 2.61. The van der Waals surface area contributed by atoms with Crippen LogP contribution in [-0.4, -0.2) is 24.7 Å². The van der Waals surface area contributed by atoms with Crippen LogP contribution in [0.2, 0.25) is 0 Å². The highest BCUT2D eigenvalue weighted by atomic mass is 79.9. The molecule has 4 nitrogen and oxygen atoms in total. The van der Waals surface area contributed by atoms with Crippen molar-refractivity contribution in [1.82, 2.24) is 4.98 Å². The smallest absolute Gasteiger partial charge is 0.338 e. The number of hydrogen-bond acceptors (Lipinski definition) is 4. The summed E-state index contributed by atoms with van der Waals surface area (Å²) in [7, 11) is 1.62. The molecule has 0 bridgehead atoms. The van der Waals surface area contributed by atoms with Gasteiger partial charge in [0.05, 0.1) is 30.5 Å². The largest absolute Gasteiger partial charge is 0.497 e. The Bertz CT molecular complexity index is 908. The van der Waals surface area contributed by atoms with Gasteiger partial charge in [0.1, 0.15) is 5.75 Å². The van der Waals surface area contributed by atoms with Gasteiger partial charge in [-0.25, -0.2) is 9.78 Å². The lowest BCUT2D eigenvalue weighted by molar-refractivity contribution is 0.0528. The minimum absolute atomic E-state index is 0.325. The molecule has 0 radical (unpaired) electrons. The fourth-order valence-corrected chi connectivity index (χ4v) is 2.87. The Kier molecular flexibility index (Phi) is 4.81. The number of halogens is 1. The predicted octanol–water partition coefficient (Wildman–Crippen LogP) is 4.85. The van der Waals surface area contributed by atoms with Crippen LogP contribution < -0.4 is 4.74 Å². The Labute approximate surface area is 148 Å². The zero-order valence-corrected chi connectivity index (χ0v) is 15.0. The van der Waals surface area contributed by atoms with E-state index in [0.29, 0.717) is 17.9 Å². The minimum atomic E-state index is -0.354. The molecular formula is C19H16BrNO3. The van der Waals surface area contributed by atoms with Gasteiger partial charge in [-0.05, 0) is 43.3 Å². The highest BCUT2D eigenvalue weighted by molar-refractivity contribution is 9.10. The maximum Gasteiger partial charge on any atom is 0.338 e. The van der Waals surface area contributed by atoms with E-state index in [9.17, 15) is 4.79 Å². The summed E-state index contributed by atoms with van der Waals surface area (Å²) < 4.78 is 11.4. The van der Waals surface area contributed by atoms with Gasteiger partial charge in [-0.3, -0.25) is 0 Å². The summed E-state index contributed by atoms with van der Waals surface area (Å²) in [5.74, 6) is 0.384. The standard InChI is InChI=1S/C19H16BrNO3/c1-3-24-19(22)16-11-18(12-5-4-6-14(9-12)23-2)21-17-8-7-13(20)10-15(16)17/h4-11H,3H2,1-2H3. The van der Waals surface area contributed by atoms with Crippen LogP contribution in [0, 0.1) is 0 Å². The van der Waals surface area contributed by atoms with Gasteiger partial charge in [0.15, 0.2) is 0 Å². The van der Waals surface area contributed by atoms with Crippen molar-refractivity contribution in [3.8, 4) is 17.0 Å². The fraction of sp³-hybridized carbons (Fsp3) is 0.158. The number of pyridine rings is 1. The number of hydrogen-bond donors (Lipinski definition) is 0. The van der Waals surface area contributed by atoms with Gasteiger partial charge in [0.2, 0.25) is 0 Å². The van der Waals surface area contributed by atoms with Crippen molar-refractivity contribution in [3.63, 3.8) is 0 Å². The number of rotatable bonds is 4. The van der Waals surface area contributed by atoms with Crippen molar-refractivity contribution in [2.45, 2.75) is 6.92 Å². The van der Waals surface area contributed by atoms with Gasteiger partial charge in [-0.2, -0.15) is 0 Å². The van der Waals surface area contributed by atoms with Gasteiger partial charge in [0, 0.05) is 15.4 Å². The van der Waals surface area contributed by atoms with Gasteiger partial charge in [0.25, 0.3) is 0 Å². The van der Waals surface area contributed by atoms with Crippen molar-refractivity contribution in [2.75, 3.05) is 13.7 Å². The summed E-state index contributed by atoms with van der Waals surface area (Å²) in [5, 5.41) is 0.759. The van der Waals surface area contributed by atoms with E-state index in [0.717, 1.165) is 26.7 Å². The van der Waals surface area contributed by atoms with Crippen LogP contribution in [0.4, 0.5) is 0 Å². The zero-order valence-electron chi connectivity index (χ0n) is 13.4. The second-order valence-corrected chi connectivity index (χ2v) is 6.08. The van der Waals surface area contributed by atoms with Crippen LogP contribution in [0.3, 0.4) is 0 Å². The molecule has 0 N–H and O–H groups in total. The molecule has 0 aliphatic carbocycles. The third kappa shape index (κ3) is 3.26. The first-order valence-corrected chi connectivity index (χ1v) is 8.33. The number of nitrogens with zero attached hydrogens (tertiary/aromatic N) is 1. The Morgan fingerprint density at radius 2 is 2.00 bits per heavy atom. The van der Waals surface area contributed by atoms with Crippen LogP contribution in [0.5, 0.6) is 5.75 Å². The fourth-order valence-electron chi connectivity index (χ4n) is 2.51. The Morgan fingerprint density at radius 3 is 2.75 bits per heavy atom. The quantitative estimate of drug-likeness (QED) is 0.602. The molecule has 0 atom stereocenters. The normalized spacial score (nSPS) is 10.6. The third-order valence-corrected chi connectivity index (χ3v) is 4.12. The average molecular weight is 386 g/mol. The van der Waals surface area contributed by atoms with Crippen LogP contribution in [0.1, 0.15) is 17.3 Å². The van der Waals surface area contributed by atoms with Gasteiger partial charge in [-0.1, -0.05) is 28.1 Å². The minimum Gasteiger partial charge on any atom is -0.497 e. The van der Waals surface area contributed by atoms with Crippen molar-refractivity contribution in [3.05, 3.63) is 58.6 Å². The monoisotopic (exact) mass is 385 g/mol. The van der Waals surface area contributed by atoms with E-state index >= 15 is 0 Å². The molecule has 24 heavy (non-hydrogen) atoms. The number of aromatic nitrogens is 1. The van der Waals surface area contributed by atoms with Crippen molar-refractivity contribution < 1.29 is 14.3 Å². The molecule has 1 aromatic heterocycles. The van der Waals surface area contributed by atoms with Gasteiger partial charge >= 0.3 is 5.97 Å². The van der Waals surface area contributed by atoms with E-state index in [1.807, 2.05) is 42.5 Å². The molecule has 0 aliphatic heterocycles. The molecule has 0 saturated heterocycles. The second kappa shape index (κ2) is 7.01. The first-order chi connectivity index (χ1) is 11.6. The van der Waals surface area contributed by atoms with Crippen molar-refractivity contribution in [2.24, 2.45) is 0 Å². The summed E-state index contributed by atoms with van der Waals surface area (Å²) in [6, 6.07) is 15.0. The number of methoxy groups -OCH3 is 1. The molecule has 0 fully saturated rings. The van der Waals surface area contributed by atoms with Gasteiger partial charge in [-0.15, -0.1) is 0 Å². The highest BCUT2D eigenvalue weighted by Gasteiger charge is 2.15. The zero-order chi connectivity index (χ0) is 17.1. The number of fused-ring (bicyclic) bond motifs is 1. The second-order valence-electron chi connectivity index (χ2n) is 5.17. The van der Waals surface area contributed by atoms with E-state index in [2.05, 4.69) is 20.9 Å². The molecule has 0 unspecified atom stereocenters. The van der Waals surface area contributed by atoms with Crippen LogP contribution in [0.15, 0.2) is 53.0 Å². The van der Waals surface area contributed by atoms with Crippen LogP contribution in [-0.2, 0) is 4.74 Å². The summed E-state index contributed by atoms with van der Waals surface area (Å²) in [6.07, 6.45) is 0. The third-order valence-electron chi connectivity index (χ3n) is 3.63. The van der Waals surface area contributed by atoms with Crippen LogP contribution in [0.25, 0.3) is 22.2 Å². The topological polar surface area (TPSA) is 48.4 Å². The highest BCUT2D eigenvalue weighted by Crippen LogP contribution is 2.29. The molecule has 1 heterocycles. The molecule has 3 rings (SSSR count). The number of ether oxygens (including phenoxy) is 2. The molecule has 0 aliphatic rings. The molecule has 122 valence electrons. The molecular weight excluding hydrogens is 370 g/mol. The molecule has 2 aromatic carbocycles. The number of carbonyl (C=O) groups excluding carboxylic acids is 1. The molecule has 0 amide bonds. The molecule has 0 spiro atoms. The van der Waals surface area contributed by atoms with E-state index in [4.69, 9.17) is 9.47 Å². The van der Waals surface area contributed by atoms with Crippen molar-refractivity contribution >= 4 is 32.8 Å².